The van der Waals surface area contributed by atoms with Crippen LogP contribution in [0, 0.1) is 6.92 Å². The molecule has 1 saturated carbocycles. The van der Waals surface area contributed by atoms with Gasteiger partial charge in [0.2, 0.25) is 5.91 Å². The van der Waals surface area contributed by atoms with Gasteiger partial charge in [0.1, 0.15) is 5.01 Å². The van der Waals surface area contributed by atoms with Gasteiger partial charge in [0, 0.05) is 23.0 Å². The van der Waals surface area contributed by atoms with Gasteiger partial charge in [-0.2, -0.15) is 0 Å². The van der Waals surface area contributed by atoms with Crippen molar-refractivity contribution in [3.63, 3.8) is 0 Å². The van der Waals surface area contributed by atoms with E-state index in [-0.39, 0.29) is 11.4 Å². The van der Waals surface area contributed by atoms with E-state index in [0.717, 1.165) is 24.3 Å². The van der Waals surface area contributed by atoms with Crippen LogP contribution in [0.3, 0.4) is 0 Å². The molecule has 1 fully saturated rings. The summed E-state index contributed by atoms with van der Waals surface area (Å²) >= 11 is 1.61. The van der Waals surface area contributed by atoms with Crippen molar-refractivity contribution in [1.29, 1.82) is 0 Å². The van der Waals surface area contributed by atoms with Gasteiger partial charge in [-0.3, -0.25) is 4.79 Å². The van der Waals surface area contributed by atoms with Crippen molar-refractivity contribution < 1.29 is 4.79 Å². The van der Waals surface area contributed by atoms with E-state index in [1.165, 1.54) is 4.88 Å². The summed E-state index contributed by atoms with van der Waals surface area (Å²) in [6.45, 7) is 2.53. The maximum Gasteiger partial charge on any atom is 0.222 e. The van der Waals surface area contributed by atoms with Crippen molar-refractivity contribution in [1.82, 2.24) is 10.3 Å². The fraction of sp³-hybridized carbons (Fsp3) is 0.636. The Bertz CT molecular complexity index is 384. The first-order valence-corrected chi connectivity index (χ1v) is 6.36. The number of nitrogens with two attached hydrogens (primary N) is 1. The van der Waals surface area contributed by atoms with Crippen molar-refractivity contribution in [2.75, 3.05) is 0 Å². The second-order valence-electron chi connectivity index (χ2n) is 4.53. The zero-order valence-corrected chi connectivity index (χ0v) is 10.3. The molecule has 88 valence electrons. The van der Waals surface area contributed by atoms with Gasteiger partial charge in [-0.15, -0.1) is 11.3 Å². The average molecular weight is 239 g/mol. The van der Waals surface area contributed by atoms with Crippen LogP contribution in [0.15, 0.2) is 6.20 Å². The Morgan fingerprint density at radius 1 is 1.69 bits per heavy atom. The highest BCUT2D eigenvalue weighted by atomic mass is 32.1. The number of nitrogens with zero attached hydrogens (tertiary/aromatic N) is 1. The molecule has 0 atom stereocenters. The van der Waals surface area contributed by atoms with Gasteiger partial charge in [0.05, 0.1) is 6.54 Å². The summed E-state index contributed by atoms with van der Waals surface area (Å²) in [4.78, 5) is 17.0. The third kappa shape index (κ3) is 2.80. The van der Waals surface area contributed by atoms with Crippen molar-refractivity contribution >= 4 is 17.2 Å². The van der Waals surface area contributed by atoms with E-state index >= 15 is 0 Å². The van der Waals surface area contributed by atoms with Crippen LogP contribution >= 0.6 is 11.3 Å². The third-order valence-corrected chi connectivity index (χ3v) is 3.88. The molecule has 1 aliphatic rings. The van der Waals surface area contributed by atoms with E-state index in [4.69, 9.17) is 5.73 Å². The molecule has 0 radical (unpaired) electrons. The second kappa shape index (κ2) is 4.51. The monoisotopic (exact) mass is 239 g/mol. The Morgan fingerprint density at radius 3 is 2.94 bits per heavy atom. The molecule has 1 aromatic rings. The number of rotatable bonds is 4. The third-order valence-electron chi connectivity index (χ3n) is 2.97. The minimum absolute atomic E-state index is 0.0371. The van der Waals surface area contributed by atoms with Gasteiger partial charge in [-0.1, -0.05) is 0 Å². The number of hydrogen-bond acceptors (Lipinski definition) is 4. The van der Waals surface area contributed by atoms with Crippen LogP contribution in [0.5, 0.6) is 0 Å². The summed E-state index contributed by atoms with van der Waals surface area (Å²) in [7, 11) is 0. The van der Waals surface area contributed by atoms with Gasteiger partial charge < -0.3 is 11.1 Å². The Labute approximate surface area is 99.3 Å². The summed E-state index contributed by atoms with van der Waals surface area (Å²) < 4.78 is 0. The molecule has 2 rings (SSSR count). The van der Waals surface area contributed by atoms with Crippen molar-refractivity contribution in [3.05, 3.63) is 16.1 Å². The number of aryl methyl sites for hydroxylation is 1. The Kier molecular flexibility index (Phi) is 3.25. The highest BCUT2D eigenvalue weighted by Crippen LogP contribution is 2.31. The second-order valence-corrected chi connectivity index (χ2v) is 5.85. The Balaban J connectivity index is 1.75. The fourth-order valence-corrected chi connectivity index (χ4v) is 2.57. The molecule has 0 spiro atoms. The number of aromatic nitrogens is 1. The smallest absolute Gasteiger partial charge is 0.222 e. The first-order valence-electron chi connectivity index (χ1n) is 5.54. The highest BCUT2D eigenvalue weighted by molar-refractivity contribution is 7.11. The van der Waals surface area contributed by atoms with Crippen molar-refractivity contribution in [2.24, 2.45) is 5.73 Å². The van der Waals surface area contributed by atoms with E-state index in [1.54, 1.807) is 11.3 Å². The summed E-state index contributed by atoms with van der Waals surface area (Å²) in [5, 5.41) is 3.82. The van der Waals surface area contributed by atoms with E-state index in [2.05, 4.69) is 10.3 Å². The lowest BCUT2D eigenvalue weighted by molar-refractivity contribution is -0.123. The first kappa shape index (κ1) is 11.5. The van der Waals surface area contributed by atoms with Crippen LogP contribution in [0.25, 0.3) is 0 Å². The standard InChI is InChI=1S/C11H17N3OS/c1-8-6-14-10(16-8)7-13-9(15)5-11(12)3-2-4-11/h6H,2-5,7,12H2,1H3,(H,13,15). The van der Waals surface area contributed by atoms with E-state index < -0.39 is 0 Å². The molecule has 1 heterocycles. The summed E-state index contributed by atoms with van der Waals surface area (Å²) in [6, 6.07) is 0. The molecule has 5 heteroatoms. The highest BCUT2D eigenvalue weighted by Gasteiger charge is 2.34. The van der Waals surface area contributed by atoms with E-state index in [1.807, 2.05) is 13.1 Å². The lowest BCUT2D eigenvalue weighted by atomic mass is 9.75. The van der Waals surface area contributed by atoms with Gasteiger partial charge in [-0.05, 0) is 26.2 Å². The minimum atomic E-state index is -0.233. The van der Waals surface area contributed by atoms with Gasteiger partial charge in [0.15, 0.2) is 0 Å². The minimum Gasteiger partial charge on any atom is -0.350 e. The number of hydrogen-bond donors (Lipinski definition) is 2. The molecule has 0 saturated heterocycles. The number of carbonyl (C=O) groups is 1. The molecule has 1 aliphatic carbocycles. The molecule has 1 aromatic heterocycles. The number of amides is 1. The molecular formula is C11H17N3OS. The largest absolute Gasteiger partial charge is 0.350 e. The average Bonchev–Trinajstić information content (AvgIpc) is 2.59. The normalized spacial score (nSPS) is 17.9. The summed E-state index contributed by atoms with van der Waals surface area (Å²) in [6.07, 6.45) is 5.35. The first-order chi connectivity index (χ1) is 7.57. The number of carbonyl (C=O) groups excluding carboxylic acids is 1. The maximum absolute atomic E-state index is 11.6. The number of thiazole rings is 1. The molecule has 4 nitrogen and oxygen atoms in total. The molecule has 0 unspecified atom stereocenters. The van der Waals surface area contributed by atoms with Crippen LogP contribution < -0.4 is 11.1 Å². The summed E-state index contributed by atoms with van der Waals surface area (Å²) in [5.74, 6) is 0.0371. The lowest BCUT2D eigenvalue weighted by Crippen LogP contribution is -2.49. The van der Waals surface area contributed by atoms with Crippen molar-refractivity contribution in [3.8, 4) is 0 Å². The SMILES string of the molecule is Cc1cnc(CNC(=O)CC2(N)CCC2)s1. The summed E-state index contributed by atoms with van der Waals surface area (Å²) in [5.41, 5.74) is 5.77. The van der Waals surface area contributed by atoms with Crippen LogP contribution in [-0.2, 0) is 11.3 Å². The fourth-order valence-electron chi connectivity index (χ4n) is 1.85. The molecular weight excluding hydrogens is 222 g/mol. The molecule has 0 aromatic carbocycles. The number of nitrogens with one attached hydrogen (secondary N) is 1. The maximum atomic E-state index is 11.6. The van der Waals surface area contributed by atoms with E-state index in [9.17, 15) is 4.79 Å². The molecule has 16 heavy (non-hydrogen) atoms. The lowest BCUT2D eigenvalue weighted by Gasteiger charge is -2.37. The van der Waals surface area contributed by atoms with Crippen LogP contribution in [0.1, 0.15) is 35.6 Å². The van der Waals surface area contributed by atoms with Crippen LogP contribution in [0.2, 0.25) is 0 Å². The molecule has 0 aliphatic heterocycles. The molecule has 1 amide bonds. The Morgan fingerprint density at radius 2 is 2.44 bits per heavy atom. The predicted molar refractivity (Wildman–Crippen MR) is 64.1 cm³/mol. The van der Waals surface area contributed by atoms with Crippen LogP contribution in [-0.4, -0.2) is 16.4 Å². The Hall–Kier alpha value is -0.940. The van der Waals surface area contributed by atoms with Crippen molar-refractivity contribution in [2.45, 2.75) is 44.7 Å². The van der Waals surface area contributed by atoms with Gasteiger partial charge in [0.25, 0.3) is 0 Å². The molecule has 0 bridgehead atoms. The van der Waals surface area contributed by atoms with E-state index in [0.29, 0.717) is 13.0 Å². The zero-order chi connectivity index (χ0) is 11.6. The van der Waals surface area contributed by atoms with Crippen LogP contribution in [0.4, 0.5) is 0 Å². The quantitative estimate of drug-likeness (QED) is 0.833. The predicted octanol–water partition coefficient (Wildman–Crippen LogP) is 1.34. The topological polar surface area (TPSA) is 68.0 Å². The molecule has 3 N–H and O–H groups in total. The van der Waals surface area contributed by atoms with Gasteiger partial charge in [-0.25, -0.2) is 4.98 Å². The van der Waals surface area contributed by atoms with Gasteiger partial charge >= 0.3 is 0 Å². The zero-order valence-electron chi connectivity index (χ0n) is 9.45.